The molecule has 0 aliphatic rings. The Balaban J connectivity index is 1.55. The molecule has 33 heavy (non-hydrogen) atoms. The number of carbonyl (C=O) groups is 1. The number of halogens is 6. The van der Waals surface area contributed by atoms with Gasteiger partial charge < -0.3 is 9.88 Å². The maximum Gasteiger partial charge on any atom is 0.416 e. The van der Waals surface area contributed by atoms with Crippen LogP contribution < -0.4 is 5.32 Å². The van der Waals surface area contributed by atoms with E-state index in [0.717, 1.165) is 34.5 Å². The maximum atomic E-state index is 12.9. The lowest BCUT2D eigenvalue weighted by Gasteiger charge is -2.13. The van der Waals surface area contributed by atoms with Crippen LogP contribution >= 0.6 is 11.3 Å². The normalized spacial score (nSPS) is 12.3. The van der Waals surface area contributed by atoms with Crippen molar-refractivity contribution in [2.75, 3.05) is 0 Å². The van der Waals surface area contributed by atoms with Crippen molar-refractivity contribution in [2.24, 2.45) is 0 Å². The van der Waals surface area contributed by atoms with Crippen LogP contribution in [0.2, 0.25) is 0 Å². The minimum atomic E-state index is -4.49. The highest BCUT2D eigenvalue weighted by Gasteiger charge is 2.31. The van der Waals surface area contributed by atoms with Crippen LogP contribution in [0.4, 0.5) is 26.3 Å². The Morgan fingerprint density at radius 2 is 1.55 bits per heavy atom. The molecule has 2 aromatic heterocycles. The number of hydrogen-bond acceptors (Lipinski definition) is 2. The summed E-state index contributed by atoms with van der Waals surface area (Å²) in [6, 6.07) is 12.8. The lowest BCUT2D eigenvalue weighted by molar-refractivity contribution is -0.138. The first-order chi connectivity index (χ1) is 15.5. The Labute approximate surface area is 188 Å². The molecule has 0 aliphatic heterocycles. The number of thiophene rings is 1. The van der Waals surface area contributed by atoms with E-state index < -0.39 is 29.4 Å². The molecule has 0 radical (unpaired) electrons. The van der Waals surface area contributed by atoms with Gasteiger partial charge in [0.15, 0.2) is 0 Å². The molecule has 172 valence electrons. The van der Waals surface area contributed by atoms with E-state index in [1.54, 1.807) is 16.7 Å². The third-order valence-electron chi connectivity index (χ3n) is 5.08. The van der Waals surface area contributed by atoms with Gasteiger partial charge in [-0.25, -0.2) is 0 Å². The third kappa shape index (κ3) is 5.05. The number of aromatic nitrogens is 1. The van der Waals surface area contributed by atoms with Gasteiger partial charge in [0, 0.05) is 13.1 Å². The SMILES string of the molecule is O=C(NCc1cccc(C(F)(F)F)c1)c1cc2sccc2n1Cc1ccc(C(F)(F)F)cc1. The largest absolute Gasteiger partial charge is 0.416 e. The van der Waals surface area contributed by atoms with E-state index in [-0.39, 0.29) is 18.8 Å². The van der Waals surface area contributed by atoms with Crippen LogP contribution in [0.5, 0.6) is 0 Å². The Hall–Kier alpha value is -3.27. The highest BCUT2D eigenvalue weighted by Crippen LogP contribution is 2.31. The first kappa shape index (κ1) is 22.9. The van der Waals surface area contributed by atoms with Gasteiger partial charge in [0.25, 0.3) is 5.91 Å². The first-order valence-corrected chi connectivity index (χ1v) is 10.6. The van der Waals surface area contributed by atoms with Crippen LogP contribution in [-0.4, -0.2) is 10.5 Å². The summed E-state index contributed by atoms with van der Waals surface area (Å²) in [4.78, 5) is 12.9. The molecule has 0 saturated heterocycles. The Kier molecular flexibility index (Phi) is 5.96. The fourth-order valence-corrected chi connectivity index (χ4v) is 4.27. The van der Waals surface area contributed by atoms with E-state index in [1.807, 2.05) is 5.38 Å². The van der Waals surface area contributed by atoms with E-state index in [2.05, 4.69) is 5.32 Å². The lowest BCUT2D eigenvalue weighted by Crippen LogP contribution is -2.25. The number of amides is 1. The predicted octanol–water partition coefficient (Wildman–Crippen LogP) is 6.72. The number of fused-ring (bicyclic) bond motifs is 1. The summed E-state index contributed by atoms with van der Waals surface area (Å²) >= 11 is 1.40. The lowest BCUT2D eigenvalue weighted by atomic mass is 10.1. The quantitative estimate of drug-likeness (QED) is 0.315. The molecule has 1 amide bonds. The van der Waals surface area contributed by atoms with Crippen LogP contribution in [0.1, 0.15) is 32.7 Å². The molecular weight excluding hydrogens is 466 g/mol. The van der Waals surface area contributed by atoms with E-state index in [9.17, 15) is 31.1 Å². The van der Waals surface area contributed by atoms with Gasteiger partial charge in [0.2, 0.25) is 0 Å². The molecule has 0 aliphatic carbocycles. The van der Waals surface area contributed by atoms with Gasteiger partial charge in [-0.3, -0.25) is 4.79 Å². The molecule has 4 rings (SSSR count). The van der Waals surface area contributed by atoms with Gasteiger partial charge in [0.05, 0.1) is 21.3 Å². The average Bonchev–Trinajstić information content (AvgIpc) is 3.34. The van der Waals surface area contributed by atoms with Crippen molar-refractivity contribution in [2.45, 2.75) is 25.4 Å². The van der Waals surface area contributed by atoms with E-state index >= 15 is 0 Å². The number of carbonyl (C=O) groups excluding carboxylic acids is 1. The number of benzene rings is 2. The Morgan fingerprint density at radius 3 is 2.21 bits per heavy atom. The summed E-state index contributed by atoms with van der Waals surface area (Å²) in [5.41, 5.74) is 0.297. The molecule has 1 N–H and O–H groups in total. The summed E-state index contributed by atoms with van der Waals surface area (Å²) in [6.45, 7) is 0.0482. The Morgan fingerprint density at radius 1 is 0.848 bits per heavy atom. The van der Waals surface area contributed by atoms with Crippen LogP contribution in [-0.2, 0) is 25.4 Å². The molecule has 4 aromatic rings. The monoisotopic (exact) mass is 482 g/mol. The molecule has 0 fully saturated rings. The van der Waals surface area contributed by atoms with Crippen LogP contribution in [0.3, 0.4) is 0 Å². The van der Waals surface area contributed by atoms with Gasteiger partial charge in [-0.1, -0.05) is 24.3 Å². The van der Waals surface area contributed by atoms with E-state index in [0.29, 0.717) is 11.1 Å². The second-order valence-corrected chi connectivity index (χ2v) is 8.31. The van der Waals surface area contributed by atoms with Crippen molar-refractivity contribution < 1.29 is 31.1 Å². The van der Waals surface area contributed by atoms with Gasteiger partial charge >= 0.3 is 12.4 Å². The summed E-state index contributed by atoms with van der Waals surface area (Å²) in [5.74, 6) is -0.497. The van der Waals surface area contributed by atoms with Gasteiger partial charge in [-0.15, -0.1) is 11.3 Å². The summed E-state index contributed by atoms with van der Waals surface area (Å²) in [7, 11) is 0. The van der Waals surface area contributed by atoms with Crippen molar-refractivity contribution in [3.05, 3.63) is 94.0 Å². The molecule has 0 unspecified atom stereocenters. The van der Waals surface area contributed by atoms with Gasteiger partial charge in [0.1, 0.15) is 5.69 Å². The minimum Gasteiger partial charge on any atom is -0.347 e. The van der Waals surface area contributed by atoms with Crippen molar-refractivity contribution in [3.63, 3.8) is 0 Å². The van der Waals surface area contributed by atoms with Gasteiger partial charge in [-0.2, -0.15) is 26.3 Å². The second-order valence-electron chi connectivity index (χ2n) is 7.36. The maximum absolute atomic E-state index is 12.9. The van der Waals surface area contributed by atoms with Crippen molar-refractivity contribution >= 4 is 27.5 Å². The minimum absolute atomic E-state index is 0.109. The standard InChI is InChI=1S/C23H16F6N2OS/c24-22(25,26)16-6-4-14(5-7-16)13-31-18-8-9-33-20(18)11-19(31)21(32)30-12-15-2-1-3-17(10-15)23(27,28)29/h1-11H,12-13H2,(H,30,32). The molecule has 10 heteroatoms. The summed E-state index contributed by atoms with van der Waals surface area (Å²) in [5, 5.41) is 4.46. The topological polar surface area (TPSA) is 34.0 Å². The van der Waals surface area contributed by atoms with Crippen molar-refractivity contribution in [1.82, 2.24) is 9.88 Å². The van der Waals surface area contributed by atoms with Crippen LogP contribution in [0.25, 0.3) is 10.2 Å². The summed E-state index contributed by atoms with van der Waals surface area (Å²) < 4.78 is 79.7. The zero-order valence-corrected chi connectivity index (χ0v) is 17.6. The zero-order valence-electron chi connectivity index (χ0n) is 16.8. The van der Waals surface area contributed by atoms with Crippen LogP contribution in [0, 0.1) is 0 Å². The van der Waals surface area contributed by atoms with Gasteiger partial charge in [-0.05, 0) is 52.9 Å². The second kappa shape index (κ2) is 8.58. The molecule has 2 heterocycles. The molecular formula is C23H16F6N2OS. The number of alkyl halides is 6. The Bertz CT molecular complexity index is 1290. The number of nitrogens with zero attached hydrogens (tertiary/aromatic N) is 1. The molecule has 0 saturated carbocycles. The fourth-order valence-electron chi connectivity index (χ4n) is 3.45. The van der Waals surface area contributed by atoms with Crippen molar-refractivity contribution in [3.8, 4) is 0 Å². The van der Waals surface area contributed by atoms with E-state index in [1.165, 1.54) is 35.6 Å². The highest BCUT2D eigenvalue weighted by molar-refractivity contribution is 7.17. The summed E-state index contributed by atoms with van der Waals surface area (Å²) in [6.07, 6.45) is -8.93. The van der Waals surface area contributed by atoms with Crippen molar-refractivity contribution in [1.29, 1.82) is 0 Å². The molecule has 0 bridgehead atoms. The number of rotatable bonds is 5. The third-order valence-corrected chi connectivity index (χ3v) is 5.94. The average molecular weight is 482 g/mol. The predicted molar refractivity (Wildman–Crippen MR) is 113 cm³/mol. The zero-order chi connectivity index (χ0) is 23.8. The fraction of sp³-hybridized carbons (Fsp3) is 0.174. The first-order valence-electron chi connectivity index (χ1n) is 9.69. The number of hydrogen-bond donors (Lipinski definition) is 1. The number of nitrogens with one attached hydrogen (secondary N) is 1. The van der Waals surface area contributed by atoms with E-state index in [4.69, 9.17) is 0 Å². The van der Waals surface area contributed by atoms with Crippen LogP contribution in [0.15, 0.2) is 66.0 Å². The molecule has 0 spiro atoms. The smallest absolute Gasteiger partial charge is 0.347 e. The molecule has 0 atom stereocenters. The highest BCUT2D eigenvalue weighted by atomic mass is 32.1. The molecule has 3 nitrogen and oxygen atoms in total. The molecule has 2 aromatic carbocycles.